The second kappa shape index (κ2) is 7.36. The number of halogens is 5. The van der Waals surface area contributed by atoms with Crippen molar-refractivity contribution in [2.45, 2.75) is 37.7 Å². The Balaban J connectivity index is 2.57. The van der Waals surface area contributed by atoms with E-state index in [0.29, 0.717) is 12.8 Å². The van der Waals surface area contributed by atoms with E-state index in [9.17, 15) is 22.0 Å². The van der Waals surface area contributed by atoms with Gasteiger partial charge in [0, 0.05) is 39.0 Å². The summed E-state index contributed by atoms with van der Waals surface area (Å²) in [6.07, 6.45) is -3.96. The molecular formula is C13H21F5N4. The molecule has 2 N–H and O–H groups in total. The van der Waals surface area contributed by atoms with Crippen molar-refractivity contribution in [3.63, 3.8) is 0 Å². The van der Waals surface area contributed by atoms with Crippen molar-refractivity contribution in [1.82, 2.24) is 15.5 Å². The van der Waals surface area contributed by atoms with Crippen molar-refractivity contribution in [3.8, 4) is 0 Å². The summed E-state index contributed by atoms with van der Waals surface area (Å²) in [6, 6.07) is -0.972. The molecule has 22 heavy (non-hydrogen) atoms. The van der Waals surface area contributed by atoms with Crippen molar-refractivity contribution in [2.75, 3.05) is 27.2 Å². The Kier molecular flexibility index (Phi) is 6.30. The number of allylic oxidation sites excluding steroid dienone is 1. The van der Waals surface area contributed by atoms with Gasteiger partial charge in [-0.25, -0.2) is 8.78 Å². The smallest absolute Gasteiger partial charge is 0.393 e. The van der Waals surface area contributed by atoms with Gasteiger partial charge in [0.05, 0.1) is 17.8 Å². The molecule has 2 atom stereocenters. The molecule has 0 amide bonds. The number of hydrogen-bond acceptors (Lipinski definition) is 4. The molecule has 0 bridgehead atoms. The molecule has 1 saturated heterocycles. The van der Waals surface area contributed by atoms with Crippen molar-refractivity contribution in [2.24, 2.45) is 4.99 Å². The van der Waals surface area contributed by atoms with E-state index >= 15 is 0 Å². The molecule has 0 aromatic rings. The summed E-state index contributed by atoms with van der Waals surface area (Å²) in [7, 11) is 2.94. The number of nitrogens with zero attached hydrogens (tertiary/aromatic N) is 2. The minimum absolute atomic E-state index is 0.0426. The molecule has 0 aliphatic carbocycles. The van der Waals surface area contributed by atoms with Crippen LogP contribution in [0.5, 0.6) is 0 Å². The number of likely N-dealkylation sites (tertiary alicyclic amines) is 1. The van der Waals surface area contributed by atoms with Crippen LogP contribution >= 0.6 is 0 Å². The summed E-state index contributed by atoms with van der Waals surface area (Å²) in [5.41, 5.74) is -0.938. The highest BCUT2D eigenvalue weighted by atomic mass is 19.4. The Labute approximate surface area is 126 Å². The number of rotatable bonds is 6. The van der Waals surface area contributed by atoms with Crippen LogP contribution in [0, 0.1) is 0 Å². The van der Waals surface area contributed by atoms with Crippen LogP contribution in [0.4, 0.5) is 22.0 Å². The van der Waals surface area contributed by atoms with E-state index < -0.39 is 29.9 Å². The average molecular weight is 328 g/mol. The molecule has 0 radical (unpaired) electrons. The number of likely N-dealkylation sites (N-methyl/N-ethyl adjacent to an activating group) is 1. The van der Waals surface area contributed by atoms with Crippen LogP contribution in [0.15, 0.2) is 16.8 Å². The third-order valence-electron chi connectivity index (χ3n) is 3.49. The maximum Gasteiger partial charge on any atom is 0.419 e. The van der Waals surface area contributed by atoms with Crippen LogP contribution in [-0.2, 0) is 0 Å². The first-order chi connectivity index (χ1) is 10.1. The Hall–Kier alpha value is -1.22. The third-order valence-corrected chi connectivity index (χ3v) is 3.49. The van der Waals surface area contributed by atoms with Gasteiger partial charge in [0.15, 0.2) is 0 Å². The fraction of sp³-hybridized carbons (Fsp3) is 0.769. The SMILES string of the molecule is CN/C=C(\C=N/C(C)NCC1N(C)CCC1(F)F)C(F)(F)F. The summed E-state index contributed by atoms with van der Waals surface area (Å²) in [5, 5.41) is 5.02. The summed E-state index contributed by atoms with van der Waals surface area (Å²) < 4.78 is 65.0. The molecular weight excluding hydrogens is 307 g/mol. The predicted octanol–water partition coefficient (Wildman–Crippen LogP) is 2.00. The van der Waals surface area contributed by atoms with Crippen LogP contribution in [0.2, 0.25) is 0 Å². The van der Waals surface area contributed by atoms with Crippen molar-refractivity contribution in [1.29, 1.82) is 0 Å². The zero-order valence-corrected chi connectivity index (χ0v) is 12.7. The van der Waals surface area contributed by atoms with Gasteiger partial charge in [0.2, 0.25) is 0 Å². The second-order valence-corrected chi connectivity index (χ2v) is 5.26. The zero-order valence-electron chi connectivity index (χ0n) is 12.7. The highest BCUT2D eigenvalue weighted by Gasteiger charge is 2.46. The van der Waals surface area contributed by atoms with Gasteiger partial charge in [-0.3, -0.25) is 15.2 Å². The molecule has 0 spiro atoms. The van der Waals surface area contributed by atoms with Gasteiger partial charge in [-0.1, -0.05) is 0 Å². The maximum absolute atomic E-state index is 13.6. The number of nitrogens with one attached hydrogen (secondary N) is 2. The molecule has 1 rings (SSSR count). The average Bonchev–Trinajstić information content (AvgIpc) is 2.65. The molecule has 128 valence electrons. The van der Waals surface area contributed by atoms with Gasteiger partial charge in [-0.15, -0.1) is 0 Å². The van der Waals surface area contributed by atoms with Gasteiger partial charge in [-0.2, -0.15) is 13.2 Å². The number of aliphatic imine (C=N–C) groups is 1. The third kappa shape index (κ3) is 5.20. The van der Waals surface area contributed by atoms with Crippen LogP contribution < -0.4 is 10.6 Å². The molecule has 1 aliphatic heterocycles. The lowest BCUT2D eigenvalue weighted by Gasteiger charge is -2.25. The van der Waals surface area contributed by atoms with Gasteiger partial charge < -0.3 is 5.32 Å². The molecule has 0 aromatic carbocycles. The van der Waals surface area contributed by atoms with E-state index in [1.165, 1.54) is 18.9 Å². The van der Waals surface area contributed by atoms with Crippen molar-refractivity contribution in [3.05, 3.63) is 11.8 Å². The van der Waals surface area contributed by atoms with Crippen molar-refractivity contribution < 1.29 is 22.0 Å². The first kappa shape index (κ1) is 18.8. The van der Waals surface area contributed by atoms with E-state index in [-0.39, 0.29) is 13.0 Å². The van der Waals surface area contributed by atoms with Crippen LogP contribution in [-0.4, -0.2) is 62.6 Å². The molecule has 9 heteroatoms. The molecule has 0 saturated carbocycles. The fourth-order valence-corrected chi connectivity index (χ4v) is 2.15. The maximum atomic E-state index is 13.6. The van der Waals surface area contributed by atoms with Crippen LogP contribution in [0.3, 0.4) is 0 Å². The van der Waals surface area contributed by atoms with E-state index in [1.807, 2.05) is 0 Å². The van der Waals surface area contributed by atoms with E-state index in [2.05, 4.69) is 15.6 Å². The Morgan fingerprint density at radius 2 is 2.09 bits per heavy atom. The lowest BCUT2D eigenvalue weighted by atomic mass is 10.1. The van der Waals surface area contributed by atoms with Crippen molar-refractivity contribution >= 4 is 6.21 Å². The highest BCUT2D eigenvalue weighted by Crippen LogP contribution is 2.32. The summed E-state index contributed by atoms with van der Waals surface area (Å²) in [4.78, 5) is 5.25. The van der Waals surface area contributed by atoms with E-state index in [1.54, 1.807) is 7.05 Å². The Morgan fingerprint density at radius 3 is 2.55 bits per heavy atom. The van der Waals surface area contributed by atoms with Gasteiger partial charge in [0.25, 0.3) is 5.92 Å². The topological polar surface area (TPSA) is 39.7 Å². The highest BCUT2D eigenvalue weighted by molar-refractivity contribution is 5.80. The normalized spacial score (nSPS) is 24.9. The minimum Gasteiger partial charge on any atom is -0.393 e. The van der Waals surface area contributed by atoms with Gasteiger partial charge in [-0.05, 0) is 14.0 Å². The molecule has 0 aromatic heterocycles. The van der Waals surface area contributed by atoms with Gasteiger partial charge >= 0.3 is 6.18 Å². The first-order valence-electron chi connectivity index (χ1n) is 6.87. The second-order valence-electron chi connectivity index (χ2n) is 5.26. The summed E-state index contributed by atoms with van der Waals surface area (Å²) in [5.74, 6) is -2.80. The standard InChI is InChI=1S/C13H21F5N4/c1-9(20-7-10(6-19-2)13(16,17)18)21-8-11-12(14,15)4-5-22(11)3/h6-7,9,11,19,21H,4-5,8H2,1-3H3/b10-6+,20-7-. The van der Waals surface area contributed by atoms with E-state index in [4.69, 9.17) is 0 Å². The van der Waals surface area contributed by atoms with Crippen LogP contribution in [0.25, 0.3) is 0 Å². The molecule has 1 aliphatic rings. The lowest BCUT2D eigenvalue weighted by Crippen LogP contribution is -2.46. The minimum atomic E-state index is -4.52. The van der Waals surface area contributed by atoms with E-state index in [0.717, 1.165) is 6.20 Å². The summed E-state index contributed by atoms with van der Waals surface area (Å²) in [6.45, 7) is 1.76. The summed E-state index contributed by atoms with van der Waals surface area (Å²) >= 11 is 0. The fourth-order valence-electron chi connectivity index (χ4n) is 2.15. The number of hydrogen-bond donors (Lipinski definition) is 2. The molecule has 1 heterocycles. The number of alkyl halides is 5. The Bertz CT molecular complexity index is 419. The molecule has 2 unspecified atom stereocenters. The first-order valence-corrected chi connectivity index (χ1v) is 6.87. The van der Waals surface area contributed by atoms with Crippen LogP contribution in [0.1, 0.15) is 13.3 Å². The quantitative estimate of drug-likeness (QED) is 0.579. The molecule has 4 nitrogen and oxygen atoms in total. The largest absolute Gasteiger partial charge is 0.419 e. The lowest BCUT2D eigenvalue weighted by molar-refractivity contribution is -0.0859. The Morgan fingerprint density at radius 1 is 1.45 bits per heavy atom. The predicted molar refractivity (Wildman–Crippen MR) is 75.1 cm³/mol. The zero-order chi connectivity index (χ0) is 17.0. The van der Waals surface area contributed by atoms with Gasteiger partial charge in [0.1, 0.15) is 0 Å². The molecule has 1 fully saturated rings. The monoisotopic (exact) mass is 328 g/mol.